The van der Waals surface area contributed by atoms with Crippen LogP contribution in [0.1, 0.15) is 23.6 Å². The largest absolute Gasteiger partial charge is 0.507 e. The lowest BCUT2D eigenvalue weighted by Crippen LogP contribution is -2.29. The van der Waals surface area contributed by atoms with Gasteiger partial charge in [-0.15, -0.1) is 0 Å². The zero-order valence-corrected chi connectivity index (χ0v) is 14.3. The fourth-order valence-electron chi connectivity index (χ4n) is 2.18. The van der Waals surface area contributed by atoms with Gasteiger partial charge in [0.2, 0.25) is 0 Å². The SMILES string of the molecule is C/C(=N\O)C(=O)N/N=C/c1cc(C)cc(CN(CCO)CCO)c1O. The summed E-state index contributed by atoms with van der Waals surface area (Å²) in [4.78, 5) is 13.2. The van der Waals surface area contributed by atoms with Gasteiger partial charge in [-0.05, 0) is 25.5 Å². The van der Waals surface area contributed by atoms with Gasteiger partial charge >= 0.3 is 0 Å². The standard InChI is InChI=1S/C16H24N4O5/c1-11-7-13(9-17-18-16(24)12(2)19-25)15(23)14(8-11)10-20(3-5-21)4-6-22/h7-9,21-23,25H,3-6,10H2,1-2H3,(H,18,24)/b17-9+,19-12+. The van der Waals surface area contributed by atoms with Crippen LogP contribution in [0.15, 0.2) is 22.4 Å². The molecule has 5 N–H and O–H groups in total. The van der Waals surface area contributed by atoms with Crippen molar-refractivity contribution in [2.75, 3.05) is 26.3 Å². The van der Waals surface area contributed by atoms with Crippen molar-refractivity contribution in [1.82, 2.24) is 10.3 Å². The minimum Gasteiger partial charge on any atom is -0.507 e. The monoisotopic (exact) mass is 352 g/mol. The summed E-state index contributed by atoms with van der Waals surface area (Å²) in [6, 6.07) is 3.50. The number of aryl methyl sites for hydroxylation is 1. The summed E-state index contributed by atoms with van der Waals surface area (Å²) in [6.07, 6.45) is 1.29. The molecule has 0 heterocycles. The molecule has 0 aromatic heterocycles. The van der Waals surface area contributed by atoms with Crippen LogP contribution in [0.25, 0.3) is 0 Å². The van der Waals surface area contributed by atoms with Crippen molar-refractivity contribution in [2.45, 2.75) is 20.4 Å². The van der Waals surface area contributed by atoms with Crippen LogP contribution in [0.4, 0.5) is 0 Å². The molecular formula is C16H24N4O5. The number of hydrogen-bond acceptors (Lipinski definition) is 8. The maximum atomic E-state index is 11.4. The zero-order valence-electron chi connectivity index (χ0n) is 14.3. The van der Waals surface area contributed by atoms with E-state index in [0.717, 1.165) is 5.56 Å². The number of nitrogens with zero attached hydrogens (tertiary/aromatic N) is 3. The first-order valence-corrected chi connectivity index (χ1v) is 7.71. The van der Waals surface area contributed by atoms with Crippen LogP contribution in [0.5, 0.6) is 5.75 Å². The summed E-state index contributed by atoms with van der Waals surface area (Å²) < 4.78 is 0. The van der Waals surface area contributed by atoms with Crippen molar-refractivity contribution in [3.63, 3.8) is 0 Å². The van der Waals surface area contributed by atoms with Crippen molar-refractivity contribution in [3.8, 4) is 5.75 Å². The highest BCUT2D eigenvalue weighted by Gasteiger charge is 2.12. The molecule has 9 nitrogen and oxygen atoms in total. The summed E-state index contributed by atoms with van der Waals surface area (Å²) in [6.45, 7) is 4.14. The van der Waals surface area contributed by atoms with Crippen molar-refractivity contribution in [3.05, 3.63) is 28.8 Å². The quantitative estimate of drug-likeness (QED) is 0.237. The normalized spacial score (nSPS) is 12.1. The summed E-state index contributed by atoms with van der Waals surface area (Å²) in [5.41, 5.74) is 3.93. The van der Waals surface area contributed by atoms with Gasteiger partial charge in [0, 0.05) is 30.8 Å². The summed E-state index contributed by atoms with van der Waals surface area (Å²) in [5.74, 6) is -0.666. The molecule has 138 valence electrons. The van der Waals surface area contributed by atoms with Crippen LogP contribution < -0.4 is 5.43 Å². The molecule has 1 amide bonds. The van der Waals surface area contributed by atoms with Gasteiger partial charge in [0.1, 0.15) is 11.5 Å². The lowest BCUT2D eigenvalue weighted by Gasteiger charge is -2.21. The second-order valence-corrected chi connectivity index (χ2v) is 5.47. The van der Waals surface area contributed by atoms with Crippen molar-refractivity contribution >= 4 is 17.8 Å². The average molecular weight is 352 g/mol. The molecule has 0 bridgehead atoms. The van der Waals surface area contributed by atoms with Crippen LogP contribution in [-0.4, -0.2) is 69.6 Å². The van der Waals surface area contributed by atoms with Gasteiger partial charge in [-0.2, -0.15) is 5.10 Å². The predicted molar refractivity (Wildman–Crippen MR) is 92.9 cm³/mol. The van der Waals surface area contributed by atoms with Gasteiger partial charge in [-0.25, -0.2) is 5.43 Å². The Morgan fingerprint density at radius 1 is 1.28 bits per heavy atom. The molecule has 1 rings (SSSR count). The van der Waals surface area contributed by atoms with E-state index in [2.05, 4.69) is 15.7 Å². The summed E-state index contributed by atoms with van der Waals surface area (Å²) in [7, 11) is 0. The summed E-state index contributed by atoms with van der Waals surface area (Å²) >= 11 is 0. The number of phenolic OH excluding ortho intramolecular Hbond substituents is 1. The first kappa shape index (κ1) is 20.6. The molecule has 0 saturated heterocycles. The lowest BCUT2D eigenvalue weighted by molar-refractivity contribution is -0.114. The highest BCUT2D eigenvalue weighted by Crippen LogP contribution is 2.24. The topological polar surface area (TPSA) is 138 Å². The Balaban J connectivity index is 2.95. The van der Waals surface area contributed by atoms with Gasteiger partial charge < -0.3 is 20.5 Å². The maximum Gasteiger partial charge on any atom is 0.288 e. The maximum absolute atomic E-state index is 11.4. The molecule has 0 atom stereocenters. The Kier molecular flexibility index (Phi) is 8.54. The number of carbonyl (C=O) groups is 1. The number of hydrazone groups is 1. The van der Waals surface area contributed by atoms with Crippen LogP contribution in [0.2, 0.25) is 0 Å². The third kappa shape index (κ3) is 6.49. The number of carbonyl (C=O) groups excluding carboxylic acids is 1. The third-order valence-electron chi connectivity index (χ3n) is 3.44. The van der Waals surface area contributed by atoms with E-state index in [1.807, 2.05) is 6.92 Å². The molecule has 0 aliphatic carbocycles. The van der Waals surface area contributed by atoms with Gasteiger partial charge in [-0.3, -0.25) is 9.69 Å². The minimum atomic E-state index is -0.664. The Morgan fingerprint density at radius 3 is 2.48 bits per heavy atom. The van der Waals surface area contributed by atoms with E-state index in [9.17, 15) is 9.90 Å². The highest BCUT2D eigenvalue weighted by molar-refractivity contribution is 6.37. The lowest BCUT2D eigenvalue weighted by atomic mass is 10.0. The van der Waals surface area contributed by atoms with E-state index in [-0.39, 0.29) is 24.7 Å². The van der Waals surface area contributed by atoms with Crippen molar-refractivity contribution in [1.29, 1.82) is 0 Å². The van der Waals surface area contributed by atoms with Gasteiger partial charge in [-0.1, -0.05) is 11.2 Å². The molecule has 1 aromatic rings. The van der Waals surface area contributed by atoms with Crippen LogP contribution in [0.3, 0.4) is 0 Å². The number of amides is 1. The number of phenols is 1. The Morgan fingerprint density at radius 2 is 1.92 bits per heavy atom. The molecule has 25 heavy (non-hydrogen) atoms. The van der Waals surface area contributed by atoms with Crippen LogP contribution in [-0.2, 0) is 11.3 Å². The summed E-state index contributed by atoms with van der Waals surface area (Å²) in [5, 5.41) is 43.6. The number of hydrogen-bond donors (Lipinski definition) is 5. The average Bonchev–Trinajstić information content (AvgIpc) is 2.58. The molecule has 1 aromatic carbocycles. The number of aromatic hydroxyl groups is 1. The van der Waals surface area contributed by atoms with E-state index in [1.165, 1.54) is 13.1 Å². The molecule has 0 saturated carbocycles. The highest BCUT2D eigenvalue weighted by atomic mass is 16.4. The number of nitrogens with one attached hydrogen (secondary N) is 1. The second kappa shape index (κ2) is 10.4. The fraction of sp³-hybridized carbons (Fsp3) is 0.438. The van der Waals surface area contributed by atoms with E-state index in [1.54, 1.807) is 17.0 Å². The fourth-order valence-corrected chi connectivity index (χ4v) is 2.18. The molecule has 0 fully saturated rings. The minimum absolute atomic E-state index is 0.00275. The number of rotatable bonds is 9. The van der Waals surface area contributed by atoms with E-state index < -0.39 is 5.91 Å². The Bertz CT molecular complexity index is 640. The predicted octanol–water partition coefficient (Wildman–Crippen LogP) is -0.213. The smallest absolute Gasteiger partial charge is 0.288 e. The van der Waals surface area contributed by atoms with E-state index in [4.69, 9.17) is 15.4 Å². The van der Waals surface area contributed by atoms with E-state index in [0.29, 0.717) is 30.8 Å². The molecule has 0 spiro atoms. The van der Waals surface area contributed by atoms with Crippen molar-refractivity contribution in [2.24, 2.45) is 10.3 Å². The van der Waals surface area contributed by atoms with Gasteiger partial charge in [0.15, 0.2) is 0 Å². The Hall–Kier alpha value is -2.49. The molecular weight excluding hydrogens is 328 g/mol. The number of aliphatic hydroxyl groups is 2. The molecule has 0 aliphatic heterocycles. The second-order valence-electron chi connectivity index (χ2n) is 5.47. The molecule has 0 radical (unpaired) electrons. The Labute approximate surface area is 145 Å². The van der Waals surface area contributed by atoms with Gasteiger partial charge in [0.05, 0.1) is 19.4 Å². The van der Waals surface area contributed by atoms with Crippen LogP contribution in [0, 0.1) is 6.92 Å². The van der Waals surface area contributed by atoms with Crippen LogP contribution >= 0.6 is 0 Å². The molecule has 0 unspecified atom stereocenters. The number of aliphatic hydroxyl groups excluding tert-OH is 2. The third-order valence-corrected chi connectivity index (χ3v) is 3.44. The van der Waals surface area contributed by atoms with Crippen molar-refractivity contribution < 1.29 is 25.3 Å². The molecule has 9 heteroatoms. The zero-order chi connectivity index (χ0) is 18.8. The number of oxime groups is 1. The van der Waals surface area contributed by atoms with E-state index >= 15 is 0 Å². The first-order valence-electron chi connectivity index (χ1n) is 7.71. The number of benzene rings is 1. The first-order chi connectivity index (χ1) is 11.9. The molecule has 0 aliphatic rings. The van der Waals surface area contributed by atoms with Gasteiger partial charge in [0.25, 0.3) is 5.91 Å².